The van der Waals surface area contributed by atoms with Gasteiger partial charge in [-0.3, -0.25) is 9.78 Å². The van der Waals surface area contributed by atoms with Gasteiger partial charge in [0.1, 0.15) is 5.65 Å². The molecule has 0 saturated heterocycles. The molecule has 2 heterocycles. The van der Waals surface area contributed by atoms with Crippen molar-refractivity contribution in [1.29, 1.82) is 0 Å². The molecule has 0 aromatic carbocycles. The van der Waals surface area contributed by atoms with Crippen molar-refractivity contribution >= 4 is 17.0 Å². The first-order chi connectivity index (χ1) is 10.8. The van der Waals surface area contributed by atoms with E-state index in [4.69, 9.17) is 10.5 Å². The number of rotatable bonds is 5. The lowest BCUT2D eigenvalue weighted by molar-refractivity contribution is -0.194. The summed E-state index contributed by atoms with van der Waals surface area (Å²) in [5, 5.41) is 13.5. The van der Waals surface area contributed by atoms with Crippen LogP contribution in [0.1, 0.15) is 25.8 Å². The van der Waals surface area contributed by atoms with Gasteiger partial charge in [0.05, 0.1) is 11.5 Å². The number of nitrogens with one attached hydrogen (secondary N) is 3. The van der Waals surface area contributed by atoms with Crippen molar-refractivity contribution in [2.24, 2.45) is 0 Å². The summed E-state index contributed by atoms with van der Waals surface area (Å²) in [6, 6.07) is 0.119. The topological polar surface area (TPSA) is 129 Å². The fourth-order valence-corrected chi connectivity index (χ4v) is 2.78. The normalized spacial score (nSPS) is 21.3. The van der Waals surface area contributed by atoms with Crippen molar-refractivity contribution in [3.05, 3.63) is 34.3 Å². The molecule has 1 aliphatic rings. The Labute approximate surface area is 132 Å². The van der Waals surface area contributed by atoms with Crippen LogP contribution >= 0.6 is 0 Å². The Morgan fingerprint density at radius 3 is 3.04 bits per heavy atom. The van der Waals surface area contributed by atoms with E-state index in [0.717, 1.165) is 12.0 Å². The molecule has 2 aromatic heterocycles. The number of aliphatic hydroxyl groups is 1. The summed E-state index contributed by atoms with van der Waals surface area (Å²) < 4.78 is 5.51. The summed E-state index contributed by atoms with van der Waals surface area (Å²) in [7, 11) is 0. The SMILES string of the molecule is CC(C)(O)OC1C=CC(NCc2c[nH]c3nc(N)[nH]c(=O)c23)C1. The van der Waals surface area contributed by atoms with Crippen LogP contribution in [0.2, 0.25) is 0 Å². The van der Waals surface area contributed by atoms with Gasteiger partial charge in [0.2, 0.25) is 5.95 Å². The molecule has 0 spiro atoms. The molecule has 0 bridgehead atoms. The number of nitrogen functional groups attached to an aromatic ring is 1. The van der Waals surface area contributed by atoms with Crippen molar-refractivity contribution in [3.8, 4) is 0 Å². The second-order valence-electron chi connectivity index (χ2n) is 6.20. The van der Waals surface area contributed by atoms with Crippen molar-refractivity contribution in [1.82, 2.24) is 20.3 Å². The minimum Gasteiger partial charge on any atom is -0.369 e. The van der Waals surface area contributed by atoms with Crippen LogP contribution in [0.5, 0.6) is 0 Å². The number of ether oxygens (including phenoxy) is 1. The molecule has 6 N–H and O–H groups in total. The van der Waals surface area contributed by atoms with Crippen molar-refractivity contribution in [2.75, 3.05) is 5.73 Å². The molecule has 0 fully saturated rings. The number of nitrogens with zero attached hydrogens (tertiary/aromatic N) is 1. The highest BCUT2D eigenvalue weighted by atomic mass is 16.6. The number of aromatic nitrogens is 3. The summed E-state index contributed by atoms with van der Waals surface area (Å²) in [6.45, 7) is 3.73. The average Bonchev–Trinajstić information content (AvgIpc) is 3.01. The molecule has 8 heteroatoms. The molecule has 0 amide bonds. The second kappa shape index (κ2) is 5.80. The van der Waals surface area contributed by atoms with Gasteiger partial charge in [-0.25, -0.2) is 0 Å². The fraction of sp³-hybridized carbons (Fsp3) is 0.467. The van der Waals surface area contributed by atoms with Crippen LogP contribution in [0.3, 0.4) is 0 Å². The van der Waals surface area contributed by atoms with E-state index in [0.29, 0.717) is 17.6 Å². The highest BCUT2D eigenvalue weighted by Gasteiger charge is 2.25. The number of H-pyrrole nitrogens is 2. The van der Waals surface area contributed by atoms with Gasteiger partial charge in [0.15, 0.2) is 5.79 Å². The van der Waals surface area contributed by atoms with E-state index in [2.05, 4.69) is 20.3 Å². The first-order valence-corrected chi connectivity index (χ1v) is 7.49. The predicted octanol–water partition coefficient (Wildman–Crippen LogP) is 0.365. The average molecular weight is 319 g/mol. The van der Waals surface area contributed by atoms with E-state index < -0.39 is 5.79 Å². The third kappa shape index (κ3) is 3.61. The van der Waals surface area contributed by atoms with Gasteiger partial charge in [-0.1, -0.05) is 12.2 Å². The molecule has 8 nitrogen and oxygen atoms in total. The highest BCUT2D eigenvalue weighted by molar-refractivity contribution is 5.79. The third-order valence-electron chi connectivity index (χ3n) is 3.68. The van der Waals surface area contributed by atoms with Crippen LogP contribution in [-0.4, -0.2) is 38.0 Å². The van der Waals surface area contributed by atoms with Crippen molar-refractivity contribution in [2.45, 2.75) is 44.7 Å². The maximum Gasteiger partial charge on any atom is 0.262 e. The van der Waals surface area contributed by atoms with E-state index in [9.17, 15) is 9.90 Å². The van der Waals surface area contributed by atoms with Gasteiger partial charge >= 0.3 is 0 Å². The Hall–Kier alpha value is -2.16. The summed E-state index contributed by atoms with van der Waals surface area (Å²) in [4.78, 5) is 21.5. The van der Waals surface area contributed by atoms with Crippen LogP contribution in [0.15, 0.2) is 23.1 Å². The van der Waals surface area contributed by atoms with E-state index in [-0.39, 0.29) is 23.7 Å². The first kappa shape index (κ1) is 15.7. The first-order valence-electron chi connectivity index (χ1n) is 7.49. The lowest BCUT2D eigenvalue weighted by Crippen LogP contribution is -2.32. The number of aromatic amines is 2. The van der Waals surface area contributed by atoms with Crippen LogP contribution < -0.4 is 16.6 Å². The Kier molecular flexibility index (Phi) is 3.97. The molecule has 23 heavy (non-hydrogen) atoms. The largest absolute Gasteiger partial charge is 0.369 e. The summed E-state index contributed by atoms with van der Waals surface area (Å²) in [5.74, 6) is -1.06. The molecular formula is C15H21N5O3. The molecule has 2 unspecified atom stereocenters. The maximum absolute atomic E-state index is 12.0. The zero-order valence-corrected chi connectivity index (χ0v) is 13.1. The zero-order chi connectivity index (χ0) is 16.6. The highest BCUT2D eigenvalue weighted by Crippen LogP contribution is 2.20. The minimum absolute atomic E-state index is 0.0918. The molecule has 1 aliphatic carbocycles. The number of hydrogen-bond acceptors (Lipinski definition) is 6. The number of fused-ring (bicyclic) bond motifs is 1. The van der Waals surface area contributed by atoms with E-state index in [1.165, 1.54) is 0 Å². The smallest absolute Gasteiger partial charge is 0.262 e. The van der Waals surface area contributed by atoms with Crippen LogP contribution in [0.25, 0.3) is 11.0 Å². The maximum atomic E-state index is 12.0. The van der Waals surface area contributed by atoms with E-state index in [1.54, 1.807) is 20.0 Å². The third-order valence-corrected chi connectivity index (χ3v) is 3.68. The van der Waals surface area contributed by atoms with Gasteiger partial charge in [-0.15, -0.1) is 0 Å². The molecular weight excluding hydrogens is 298 g/mol. The van der Waals surface area contributed by atoms with Crippen molar-refractivity contribution in [3.63, 3.8) is 0 Å². The quantitative estimate of drug-likeness (QED) is 0.400. The van der Waals surface area contributed by atoms with Crippen molar-refractivity contribution < 1.29 is 9.84 Å². The van der Waals surface area contributed by atoms with Crippen LogP contribution in [0, 0.1) is 0 Å². The molecule has 2 aromatic rings. The molecule has 2 atom stereocenters. The van der Waals surface area contributed by atoms with E-state index in [1.807, 2.05) is 12.2 Å². The number of nitrogens with two attached hydrogens (primary N) is 1. The Morgan fingerprint density at radius 2 is 2.30 bits per heavy atom. The standard InChI is InChI=1S/C15H21N5O3/c1-15(2,22)23-10-4-3-9(5-10)17-6-8-7-18-12-11(8)13(21)20-14(16)19-12/h3-4,7,9-10,17,22H,5-6H2,1-2H3,(H4,16,18,19,20,21). The minimum atomic E-state index is -1.15. The fourth-order valence-electron chi connectivity index (χ4n) is 2.78. The molecule has 0 aliphatic heterocycles. The monoisotopic (exact) mass is 319 g/mol. The van der Waals surface area contributed by atoms with Crippen LogP contribution in [-0.2, 0) is 11.3 Å². The molecule has 0 saturated carbocycles. The number of hydrogen-bond donors (Lipinski definition) is 5. The van der Waals surface area contributed by atoms with Gasteiger partial charge in [-0.05, 0) is 25.8 Å². The summed E-state index contributed by atoms with van der Waals surface area (Å²) in [5.41, 5.74) is 6.58. The van der Waals surface area contributed by atoms with Gasteiger partial charge < -0.3 is 25.9 Å². The predicted molar refractivity (Wildman–Crippen MR) is 86.7 cm³/mol. The van der Waals surface area contributed by atoms with Gasteiger partial charge in [0, 0.05) is 18.8 Å². The molecule has 124 valence electrons. The van der Waals surface area contributed by atoms with Gasteiger partial charge in [-0.2, -0.15) is 4.98 Å². The molecule has 0 radical (unpaired) electrons. The van der Waals surface area contributed by atoms with Gasteiger partial charge in [0.25, 0.3) is 5.56 Å². The zero-order valence-electron chi connectivity index (χ0n) is 13.1. The van der Waals surface area contributed by atoms with Crippen LogP contribution in [0.4, 0.5) is 5.95 Å². The van der Waals surface area contributed by atoms with E-state index >= 15 is 0 Å². The summed E-state index contributed by atoms with van der Waals surface area (Å²) >= 11 is 0. The lowest BCUT2D eigenvalue weighted by atomic mass is 10.2. The Bertz CT molecular complexity index is 786. The lowest BCUT2D eigenvalue weighted by Gasteiger charge is -2.23. The molecule has 3 rings (SSSR count). The summed E-state index contributed by atoms with van der Waals surface area (Å²) in [6.07, 6.45) is 6.29. The number of anilines is 1. The second-order valence-corrected chi connectivity index (χ2v) is 6.20. The Balaban J connectivity index is 1.64. The Morgan fingerprint density at radius 1 is 1.52 bits per heavy atom.